The van der Waals surface area contributed by atoms with Crippen LogP contribution in [0.5, 0.6) is 0 Å². The van der Waals surface area contributed by atoms with E-state index >= 15 is 0 Å². The van der Waals surface area contributed by atoms with Crippen molar-refractivity contribution in [3.63, 3.8) is 0 Å². The van der Waals surface area contributed by atoms with Gasteiger partial charge < -0.3 is 5.73 Å². The summed E-state index contributed by atoms with van der Waals surface area (Å²) in [5.41, 5.74) is 6.23. The Morgan fingerprint density at radius 1 is 1.11 bits per heavy atom. The normalized spacial score (nSPS) is 12.5. The van der Waals surface area contributed by atoms with Gasteiger partial charge in [-0.25, -0.2) is 26.3 Å². The van der Waals surface area contributed by atoms with Gasteiger partial charge in [-0.3, -0.25) is 0 Å². The number of nitrogens with one attached hydrogen (secondary N) is 2. The van der Waals surface area contributed by atoms with E-state index in [-0.39, 0.29) is 17.2 Å². The molecule has 7 nitrogen and oxygen atoms in total. The molecule has 0 bridgehead atoms. The van der Waals surface area contributed by atoms with Crippen LogP contribution in [0.1, 0.15) is 5.56 Å². The molecule has 0 aliphatic heterocycles. The summed E-state index contributed by atoms with van der Waals surface area (Å²) < 4.78 is 50.3. The zero-order chi connectivity index (χ0) is 14.5. The summed E-state index contributed by atoms with van der Waals surface area (Å²) in [5.74, 6) is -0.316. The third-order valence-corrected chi connectivity index (χ3v) is 5.28. The Morgan fingerprint density at radius 2 is 1.68 bits per heavy atom. The molecule has 0 saturated heterocycles. The number of nitrogens with two attached hydrogens (primary N) is 1. The lowest BCUT2D eigenvalue weighted by Gasteiger charge is -2.07. The van der Waals surface area contributed by atoms with Gasteiger partial charge in [0, 0.05) is 13.1 Å². The van der Waals surface area contributed by atoms with Gasteiger partial charge in [-0.05, 0) is 24.7 Å². The molecule has 0 saturated carbocycles. The quantitative estimate of drug-likeness (QED) is 0.595. The Balaban J connectivity index is 2.70. The first-order valence-corrected chi connectivity index (χ1v) is 8.64. The van der Waals surface area contributed by atoms with Crippen molar-refractivity contribution >= 4 is 20.0 Å². The van der Waals surface area contributed by atoms with Crippen LogP contribution in [0, 0.1) is 0 Å². The largest absolute Gasteiger partial charge is 0.326 e. The molecule has 1 aromatic carbocycles. The van der Waals surface area contributed by atoms with Gasteiger partial charge in [0.05, 0.1) is 10.6 Å². The summed E-state index contributed by atoms with van der Waals surface area (Å²) >= 11 is 0. The first kappa shape index (κ1) is 16.1. The van der Waals surface area contributed by atoms with Gasteiger partial charge in [0.25, 0.3) is 0 Å². The lowest BCUT2D eigenvalue weighted by atomic mass is 10.2. The van der Waals surface area contributed by atoms with Crippen molar-refractivity contribution in [1.29, 1.82) is 0 Å². The molecule has 0 amide bonds. The van der Waals surface area contributed by atoms with Gasteiger partial charge in [-0.15, -0.1) is 0 Å². The molecule has 0 spiro atoms. The predicted molar refractivity (Wildman–Crippen MR) is 72.4 cm³/mol. The van der Waals surface area contributed by atoms with E-state index in [1.165, 1.54) is 19.2 Å². The number of rotatable bonds is 7. The SMILES string of the molecule is CNS(=O)(=O)CCNS(=O)(=O)c1ccc(CN)cc1. The molecule has 0 aromatic heterocycles. The van der Waals surface area contributed by atoms with Crippen molar-refractivity contribution in [3.05, 3.63) is 29.8 Å². The number of hydrogen-bond acceptors (Lipinski definition) is 5. The highest BCUT2D eigenvalue weighted by atomic mass is 32.2. The first-order chi connectivity index (χ1) is 8.80. The standard InChI is InChI=1S/C10H17N3O4S2/c1-12-18(14,15)7-6-13-19(16,17)10-4-2-9(8-11)3-5-10/h2-5,12-13H,6-8,11H2,1H3. The van der Waals surface area contributed by atoms with Crippen LogP contribution in [0.25, 0.3) is 0 Å². The van der Waals surface area contributed by atoms with Crippen molar-refractivity contribution in [3.8, 4) is 0 Å². The molecule has 19 heavy (non-hydrogen) atoms. The maximum Gasteiger partial charge on any atom is 0.240 e. The lowest BCUT2D eigenvalue weighted by Crippen LogP contribution is -2.32. The summed E-state index contributed by atoms with van der Waals surface area (Å²) in [4.78, 5) is 0.0755. The second kappa shape index (κ2) is 6.44. The Labute approximate surface area is 113 Å². The van der Waals surface area contributed by atoms with Crippen molar-refractivity contribution in [2.24, 2.45) is 5.73 Å². The summed E-state index contributed by atoms with van der Waals surface area (Å²) in [6, 6.07) is 6.08. The van der Waals surface area contributed by atoms with E-state index in [2.05, 4.69) is 9.44 Å². The predicted octanol–water partition coefficient (Wildman–Crippen LogP) is -1.03. The zero-order valence-electron chi connectivity index (χ0n) is 10.5. The maximum absolute atomic E-state index is 11.8. The van der Waals surface area contributed by atoms with Crippen molar-refractivity contribution < 1.29 is 16.8 Å². The Hall–Kier alpha value is -1.00. The van der Waals surface area contributed by atoms with Gasteiger partial charge in [0.1, 0.15) is 0 Å². The molecule has 0 unspecified atom stereocenters. The zero-order valence-corrected chi connectivity index (χ0v) is 12.1. The number of benzene rings is 1. The Kier molecular flexibility index (Phi) is 5.44. The first-order valence-electron chi connectivity index (χ1n) is 5.50. The molecule has 0 heterocycles. The third kappa shape index (κ3) is 4.88. The van der Waals surface area contributed by atoms with Crippen molar-refractivity contribution in [2.75, 3.05) is 19.3 Å². The minimum Gasteiger partial charge on any atom is -0.326 e. The topological polar surface area (TPSA) is 118 Å². The van der Waals surface area contributed by atoms with Crippen molar-refractivity contribution in [1.82, 2.24) is 9.44 Å². The average molecular weight is 307 g/mol. The van der Waals surface area contributed by atoms with Gasteiger partial charge >= 0.3 is 0 Å². The van der Waals surface area contributed by atoms with Crippen molar-refractivity contribution in [2.45, 2.75) is 11.4 Å². The minimum atomic E-state index is -3.70. The molecular formula is C10H17N3O4S2. The number of sulfonamides is 2. The summed E-state index contributed by atoms with van der Waals surface area (Å²) in [7, 11) is -5.85. The van der Waals surface area contributed by atoms with Crippen LogP contribution >= 0.6 is 0 Å². The molecule has 4 N–H and O–H groups in total. The third-order valence-electron chi connectivity index (χ3n) is 2.44. The van der Waals surface area contributed by atoms with E-state index in [0.29, 0.717) is 6.54 Å². The van der Waals surface area contributed by atoms with E-state index in [0.717, 1.165) is 5.56 Å². The van der Waals surface area contributed by atoms with Gasteiger partial charge in [-0.1, -0.05) is 12.1 Å². The molecule has 9 heteroatoms. The molecule has 1 aromatic rings. The fourth-order valence-corrected chi connectivity index (χ4v) is 3.04. The highest BCUT2D eigenvalue weighted by Crippen LogP contribution is 2.09. The van der Waals surface area contributed by atoms with E-state index < -0.39 is 20.0 Å². The van der Waals surface area contributed by atoms with Crippen LogP contribution in [0.4, 0.5) is 0 Å². The highest BCUT2D eigenvalue weighted by molar-refractivity contribution is 7.90. The molecule has 0 atom stereocenters. The fourth-order valence-electron chi connectivity index (χ4n) is 1.30. The van der Waals surface area contributed by atoms with Crippen LogP contribution in [0.15, 0.2) is 29.2 Å². The minimum absolute atomic E-state index is 0.0755. The summed E-state index contributed by atoms with van der Waals surface area (Å²) in [6.45, 7) is 0.137. The van der Waals surface area contributed by atoms with E-state index in [9.17, 15) is 16.8 Å². The van der Waals surface area contributed by atoms with E-state index in [4.69, 9.17) is 5.73 Å². The van der Waals surface area contributed by atoms with Crippen LogP contribution in [0.2, 0.25) is 0 Å². The van der Waals surface area contributed by atoms with Crippen LogP contribution in [-0.4, -0.2) is 36.2 Å². The maximum atomic E-state index is 11.8. The lowest BCUT2D eigenvalue weighted by molar-refractivity contribution is 0.578. The van der Waals surface area contributed by atoms with Gasteiger partial charge in [0.15, 0.2) is 0 Å². The van der Waals surface area contributed by atoms with E-state index in [1.54, 1.807) is 12.1 Å². The molecule has 0 radical (unpaired) electrons. The van der Waals surface area contributed by atoms with Crippen LogP contribution in [-0.2, 0) is 26.6 Å². The summed E-state index contributed by atoms with van der Waals surface area (Å²) in [6.07, 6.45) is 0. The monoisotopic (exact) mass is 307 g/mol. The second-order valence-electron chi connectivity index (χ2n) is 3.77. The van der Waals surface area contributed by atoms with Crippen LogP contribution in [0.3, 0.4) is 0 Å². The molecular weight excluding hydrogens is 290 g/mol. The van der Waals surface area contributed by atoms with Gasteiger partial charge in [0.2, 0.25) is 20.0 Å². The summed E-state index contributed by atoms with van der Waals surface area (Å²) in [5, 5.41) is 0. The number of hydrogen-bond donors (Lipinski definition) is 3. The smallest absolute Gasteiger partial charge is 0.240 e. The average Bonchev–Trinajstić information content (AvgIpc) is 2.38. The van der Waals surface area contributed by atoms with Gasteiger partial charge in [-0.2, -0.15) is 0 Å². The molecule has 0 aliphatic carbocycles. The molecule has 0 fully saturated rings. The fraction of sp³-hybridized carbons (Fsp3) is 0.400. The Morgan fingerprint density at radius 3 is 2.16 bits per heavy atom. The molecule has 108 valence electrons. The van der Waals surface area contributed by atoms with Crippen LogP contribution < -0.4 is 15.2 Å². The molecule has 1 rings (SSSR count). The Bertz CT molecular complexity index is 609. The second-order valence-corrected chi connectivity index (χ2v) is 7.58. The van der Waals surface area contributed by atoms with E-state index in [1.807, 2.05) is 0 Å². The molecule has 0 aliphatic rings. The highest BCUT2D eigenvalue weighted by Gasteiger charge is 2.15.